The highest BCUT2D eigenvalue weighted by molar-refractivity contribution is 6.09. The zero-order chi connectivity index (χ0) is 15.9. The summed E-state index contributed by atoms with van der Waals surface area (Å²) < 4.78 is 10.7. The Hall–Kier alpha value is -2.62. The highest BCUT2D eigenvalue weighted by Crippen LogP contribution is 2.50. The van der Waals surface area contributed by atoms with Crippen molar-refractivity contribution in [1.29, 1.82) is 0 Å². The summed E-state index contributed by atoms with van der Waals surface area (Å²) in [6, 6.07) is 17.2. The summed E-state index contributed by atoms with van der Waals surface area (Å²) in [6.07, 6.45) is 0.615. The van der Waals surface area contributed by atoms with Crippen LogP contribution >= 0.6 is 0 Å². The highest BCUT2D eigenvalue weighted by atomic mass is 16.6. The second kappa shape index (κ2) is 5.23. The summed E-state index contributed by atoms with van der Waals surface area (Å²) in [5.74, 6) is -1.31. The van der Waals surface area contributed by atoms with E-state index >= 15 is 0 Å². The van der Waals surface area contributed by atoms with Crippen molar-refractivity contribution in [3.63, 3.8) is 0 Å². The van der Waals surface area contributed by atoms with E-state index < -0.39 is 17.4 Å². The number of hydrogen-bond donors (Lipinski definition) is 0. The van der Waals surface area contributed by atoms with Crippen molar-refractivity contribution in [3.05, 3.63) is 71.3 Å². The number of hydrogen-bond acceptors (Lipinski definition) is 4. The van der Waals surface area contributed by atoms with Crippen molar-refractivity contribution >= 4 is 11.9 Å². The molecule has 2 aromatic carbocycles. The van der Waals surface area contributed by atoms with Crippen LogP contribution in [0.2, 0.25) is 0 Å². The Labute approximate surface area is 134 Å². The number of carbonyl (C=O) groups is 2. The van der Waals surface area contributed by atoms with Gasteiger partial charge in [0.2, 0.25) is 0 Å². The first kappa shape index (κ1) is 14.0. The van der Waals surface area contributed by atoms with Gasteiger partial charge in [-0.05, 0) is 23.1 Å². The van der Waals surface area contributed by atoms with Gasteiger partial charge in [-0.3, -0.25) is 9.59 Å². The van der Waals surface area contributed by atoms with Gasteiger partial charge in [0.25, 0.3) is 0 Å². The molecule has 1 atom stereocenters. The van der Waals surface area contributed by atoms with Crippen molar-refractivity contribution in [3.8, 4) is 0 Å². The fraction of sp³-hybridized carbons (Fsp3) is 0.263. The molecule has 0 aromatic heterocycles. The molecule has 2 aliphatic rings. The summed E-state index contributed by atoms with van der Waals surface area (Å²) in [5, 5.41) is 0. The Morgan fingerprint density at radius 3 is 2.13 bits per heavy atom. The molecule has 1 spiro atoms. The van der Waals surface area contributed by atoms with E-state index in [1.54, 1.807) is 0 Å². The van der Waals surface area contributed by atoms with Crippen molar-refractivity contribution < 1.29 is 19.1 Å². The average molecular weight is 308 g/mol. The van der Waals surface area contributed by atoms with Crippen molar-refractivity contribution in [1.82, 2.24) is 0 Å². The molecule has 1 fully saturated rings. The summed E-state index contributed by atoms with van der Waals surface area (Å²) >= 11 is 0. The van der Waals surface area contributed by atoms with E-state index in [4.69, 9.17) is 9.47 Å². The van der Waals surface area contributed by atoms with Gasteiger partial charge in [-0.1, -0.05) is 54.6 Å². The molecule has 0 amide bonds. The number of benzene rings is 2. The van der Waals surface area contributed by atoms with Gasteiger partial charge in [0, 0.05) is 5.92 Å². The van der Waals surface area contributed by atoms with Crippen LogP contribution in [-0.2, 0) is 30.9 Å². The number of fused-ring (bicyclic) bond motifs is 2. The predicted octanol–water partition coefficient (Wildman–Crippen LogP) is 2.36. The summed E-state index contributed by atoms with van der Waals surface area (Å²) in [6.45, 7) is 0.214. The summed E-state index contributed by atoms with van der Waals surface area (Å²) in [7, 11) is 0. The Kier molecular flexibility index (Phi) is 3.18. The molecular formula is C19H16O4. The van der Waals surface area contributed by atoms with E-state index in [1.165, 1.54) is 0 Å². The van der Waals surface area contributed by atoms with Crippen molar-refractivity contribution in [2.75, 3.05) is 13.2 Å². The number of cyclic esters (lactones) is 2. The SMILES string of the molecule is O=C1OCCOC(=O)C12c1ccccc1CC2c1ccccc1. The van der Waals surface area contributed by atoms with Crippen LogP contribution in [0.3, 0.4) is 0 Å². The Morgan fingerprint density at radius 1 is 0.826 bits per heavy atom. The van der Waals surface area contributed by atoms with Crippen LogP contribution in [-0.4, -0.2) is 25.2 Å². The Morgan fingerprint density at radius 2 is 1.43 bits per heavy atom. The lowest BCUT2D eigenvalue weighted by molar-refractivity contribution is -0.158. The average Bonchev–Trinajstić information content (AvgIpc) is 2.87. The third-order valence-electron chi connectivity index (χ3n) is 4.78. The van der Waals surface area contributed by atoms with Gasteiger partial charge in [0.05, 0.1) is 0 Å². The Bertz CT molecular complexity index is 748. The fourth-order valence-corrected chi connectivity index (χ4v) is 3.78. The molecule has 0 N–H and O–H groups in total. The molecule has 1 saturated heterocycles. The molecule has 2 aromatic rings. The van der Waals surface area contributed by atoms with Crippen molar-refractivity contribution in [2.24, 2.45) is 0 Å². The van der Waals surface area contributed by atoms with E-state index in [0.29, 0.717) is 12.0 Å². The Balaban J connectivity index is 1.97. The second-order valence-corrected chi connectivity index (χ2v) is 5.90. The molecule has 0 saturated carbocycles. The maximum absolute atomic E-state index is 12.9. The van der Waals surface area contributed by atoms with Gasteiger partial charge < -0.3 is 9.47 Å². The van der Waals surface area contributed by atoms with Gasteiger partial charge in [-0.2, -0.15) is 0 Å². The van der Waals surface area contributed by atoms with Crippen LogP contribution in [0.5, 0.6) is 0 Å². The molecule has 1 aliphatic heterocycles. The number of ether oxygens (including phenoxy) is 2. The molecule has 1 aliphatic carbocycles. The number of rotatable bonds is 1. The van der Waals surface area contributed by atoms with E-state index in [9.17, 15) is 9.59 Å². The lowest BCUT2D eigenvalue weighted by Crippen LogP contribution is -2.47. The zero-order valence-corrected chi connectivity index (χ0v) is 12.5. The predicted molar refractivity (Wildman–Crippen MR) is 82.9 cm³/mol. The monoisotopic (exact) mass is 308 g/mol. The molecule has 23 heavy (non-hydrogen) atoms. The van der Waals surface area contributed by atoms with Crippen LogP contribution < -0.4 is 0 Å². The van der Waals surface area contributed by atoms with Crippen LogP contribution in [0.25, 0.3) is 0 Å². The van der Waals surface area contributed by atoms with Gasteiger partial charge in [0.1, 0.15) is 13.2 Å². The van der Waals surface area contributed by atoms with Gasteiger partial charge in [-0.15, -0.1) is 0 Å². The molecule has 4 heteroatoms. The van der Waals surface area contributed by atoms with Crippen LogP contribution in [0.4, 0.5) is 0 Å². The fourth-order valence-electron chi connectivity index (χ4n) is 3.78. The highest BCUT2D eigenvalue weighted by Gasteiger charge is 2.61. The molecule has 1 unspecified atom stereocenters. The van der Waals surface area contributed by atoms with Gasteiger partial charge in [-0.25, -0.2) is 0 Å². The third-order valence-corrected chi connectivity index (χ3v) is 4.78. The van der Waals surface area contributed by atoms with E-state index in [2.05, 4.69) is 0 Å². The van der Waals surface area contributed by atoms with Crippen LogP contribution in [0, 0.1) is 0 Å². The first-order valence-corrected chi connectivity index (χ1v) is 7.72. The minimum atomic E-state index is -1.39. The van der Waals surface area contributed by atoms with Crippen LogP contribution in [0.15, 0.2) is 54.6 Å². The molecule has 116 valence electrons. The standard InChI is InChI=1S/C19H16O4/c20-17-19(18(21)23-11-10-22-17)15-9-5-4-8-14(15)12-16(19)13-6-2-1-3-7-13/h1-9,16H,10-12H2. The van der Waals surface area contributed by atoms with Crippen LogP contribution in [0.1, 0.15) is 22.6 Å². The second-order valence-electron chi connectivity index (χ2n) is 5.90. The van der Waals surface area contributed by atoms with E-state index in [-0.39, 0.29) is 19.1 Å². The molecule has 4 rings (SSSR count). The van der Waals surface area contributed by atoms with Gasteiger partial charge in [0.15, 0.2) is 5.41 Å². The maximum atomic E-state index is 12.9. The van der Waals surface area contributed by atoms with Gasteiger partial charge >= 0.3 is 11.9 Å². The molecule has 1 heterocycles. The molecule has 4 nitrogen and oxygen atoms in total. The smallest absolute Gasteiger partial charge is 0.328 e. The lowest BCUT2D eigenvalue weighted by atomic mass is 9.71. The normalized spacial score (nSPS) is 22.2. The molecule has 0 radical (unpaired) electrons. The minimum Gasteiger partial charge on any atom is -0.461 e. The minimum absolute atomic E-state index is 0.107. The topological polar surface area (TPSA) is 52.6 Å². The quantitative estimate of drug-likeness (QED) is 0.599. The van der Waals surface area contributed by atoms with Crippen molar-refractivity contribution in [2.45, 2.75) is 17.8 Å². The largest absolute Gasteiger partial charge is 0.461 e. The lowest BCUT2D eigenvalue weighted by Gasteiger charge is -2.30. The maximum Gasteiger partial charge on any atom is 0.328 e. The molecular weight excluding hydrogens is 292 g/mol. The first-order chi connectivity index (χ1) is 11.2. The van der Waals surface area contributed by atoms with E-state index in [1.807, 2.05) is 54.6 Å². The number of carbonyl (C=O) groups excluding carboxylic acids is 2. The van der Waals surface area contributed by atoms with E-state index in [0.717, 1.165) is 11.1 Å². The summed E-state index contributed by atoms with van der Waals surface area (Å²) in [4.78, 5) is 25.7. The summed E-state index contributed by atoms with van der Waals surface area (Å²) in [5.41, 5.74) is 1.26. The third kappa shape index (κ3) is 1.91. The zero-order valence-electron chi connectivity index (χ0n) is 12.5. The molecule has 0 bridgehead atoms. The first-order valence-electron chi connectivity index (χ1n) is 7.72. The number of esters is 2.